The predicted octanol–water partition coefficient (Wildman–Crippen LogP) is 3.90. The van der Waals surface area contributed by atoms with Gasteiger partial charge in [0, 0.05) is 11.8 Å². The van der Waals surface area contributed by atoms with Crippen molar-refractivity contribution >= 4 is 23.3 Å². The molecule has 0 aliphatic rings. The van der Waals surface area contributed by atoms with Crippen LogP contribution < -0.4 is 10.6 Å². The maximum absolute atomic E-state index is 12.6. The van der Waals surface area contributed by atoms with E-state index in [9.17, 15) is 22.8 Å². The molecule has 2 heterocycles. The van der Waals surface area contributed by atoms with Crippen molar-refractivity contribution in [1.82, 2.24) is 10.1 Å². The Labute approximate surface area is 156 Å². The van der Waals surface area contributed by atoms with E-state index in [0.29, 0.717) is 5.76 Å². The van der Waals surface area contributed by atoms with E-state index in [-0.39, 0.29) is 22.9 Å². The molecule has 0 radical (unpaired) electrons. The molecule has 0 bridgehead atoms. The van der Waals surface area contributed by atoms with E-state index in [1.54, 1.807) is 6.92 Å². The third kappa shape index (κ3) is 4.53. The van der Waals surface area contributed by atoms with Gasteiger partial charge in [-0.05, 0) is 43.3 Å². The number of rotatable bonds is 4. The number of benzene rings is 1. The Bertz CT molecular complexity index is 1010. The molecule has 2 amide bonds. The second-order valence-electron chi connectivity index (χ2n) is 5.71. The van der Waals surface area contributed by atoms with Crippen LogP contribution in [0, 0.1) is 6.92 Å². The smallest absolute Gasteiger partial charge is 0.360 e. The van der Waals surface area contributed by atoms with Crippen LogP contribution >= 0.6 is 0 Å². The molecule has 3 aromatic rings. The minimum atomic E-state index is -4.46. The second-order valence-corrected chi connectivity index (χ2v) is 5.71. The largest absolute Gasteiger partial charge is 0.416 e. The maximum atomic E-state index is 12.6. The first-order valence-corrected chi connectivity index (χ1v) is 7.93. The summed E-state index contributed by atoms with van der Waals surface area (Å²) in [5.41, 5.74) is -0.789. The molecule has 0 atom stereocenters. The average Bonchev–Trinajstić information content (AvgIpc) is 3.06. The number of pyridine rings is 1. The SMILES string of the molecule is Cc1cc(NC(=O)c2cccc(C(=O)Nc3ccc(C(F)(F)F)cc3)n2)no1. The zero-order chi connectivity index (χ0) is 20.3. The number of alkyl halides is 3. The lowest BCUT2D eigenvalue weighted by Crippen LogP contribution is -2.18. The third-order valence-corrected chi connectivity index (χ3v) is 3.55. The van der Waals surface area contributed by atoms with Crippen molar-refractivity contribution in [3.8, 4) is 0 Å². The number of halogens is 3. The fraction of sp³-hybridized carbons (Fsp3) is 0.111. The molecule has 0 saturated heterocycles. The van der Waals surface area contributed by atoms with Crippen LogP contribution in [0.3, 0.4) is 0 Å². The first-order chi connectivity index (χ1) is 13.2. The molecule has 0 spiro atoms. The van der Waals surface area contributed by atoms with E-state index < -0.39 is 23.6 Å². The summed E-state index contributed by atoms with van der Waals surface area (Å²) in [6, 6.07) is 9.71. The minimum Gasteiger partial charge on any atom is -0.360 e. The van der Waals surface area contributed by atoms with Crippen LogP contribution in [-0.4, -0.2) is 22.0 Å². The third-order valence-electron chi connectivity index (χ3n) is 3.55. The van der Waals surface area contributed by atoms with Gasteiger partial charge in [0.25, 0.3) is 11.8 Å². The number of hydrogen-bond donors (Lipinski definition) is 2. The molecule has 0 fully saturated rings. The van der Waals surface area contributed by atoms with Gasteiger partial charge in [0.05, 0.1) is 5.56 Å². The number of aryl methyl sites for hydroxylation is 1. The van der Waals surface area contributed by atoms with E-state index in [4.69, 9.17) is 4.52 Å². The number of carbonyl (C=O) groups is 2. The van der Waals surface area contributed by atoms with E-state index in [2.05, 4.69) is 20.8 Å². The van der Waals surface area contributed by atoms with Crippen molar-refractivity contribution in [1.29, 1.82) is 0 Å². The maximum Gasteiger partial charge on any atom is 0.416 e. The fourth-order valence-corrected chi connectivity index (χ4v) is 2.23. The first-order valence-electron chi connectivity index (χ1n) is 7.93. The number of nitrogens with zero attached hydrogens (tertiary/aromatic N) is 2. The summed E-state index contributed by atoms with van der Waals surface area (Å²) in [5.74, 6) is -0.569. The van der Waals surface area contributed by atoms with Crippen molar-refractivity contribution in [3.63, 3.8) is 0 Å². The van der Waals surface area contributed by atoms with Crippen LogP contribution in [0.25, 0.3) is 0 Å². The van der Waals surface area contributed by atoms with Gasteiger partial charge < -0.3 is 15.2 Å². The Hall–Kier alpha value is -3.69. The monoisotopic (exact) mass is 390 g/mol. The van der Waals surface area contributed by atoms with Crippen LogP contribution in [-0.2, 0) is 6.18 Å². The molecule has 2 N–H and O–H groups in total. The highest BCUT2D eigenvalue weighted by atomic mass is 19.4. The Morgan fingerprint density at radius 2 is 1.57 bits per heavy atom. The molecule has 10 heteroatoms. The molecule has 28 heavy (non-hydrogen) atoms. The van der Waals surface area contributed by atoms with E-state index in [0.717, 1.165) is 24.3 Å². The lowest BCUT2D eigenvalue weighted by molar-refractivity contribution is -0.137. The van der Waals surface area contributed by atoms with Crippen molar-refractivity contribution in [2.45, 2.75) is 13.1 Å². The Morgan fingerprint density at radius 1 is 0.964 bits per heavy atom. The summed E-state index contributed by atoms with van der Waals surface area (Å²) in [7, 11) is 0. The minimum absolute atomic E-state index is 0.0410. The molecule has 3 rings (SSSR count). The standard InChI is InChI=1S/C18H13F3N4O3/c1-10-9-15(25-28-10)24-17(27)14-4-2-3-13(23-14)16(26)22-12-7-5-11(6-8-12)18(19,20)21/h2-9H,1H3,(H,22,26)(H,24,25,27). The summed E-state index contributed by atoms with van der Waals surface area (Å²) in [5, 5.41) is 8.52. The highest BCUT2D eigenvalue weighted by Crippen LogP contribution is 2.29. The number of hydrogen-bond acceptors (Lipinski definition) is 5. The molecular weight excluding hydrogens is 377 g/mol. The molecule has 144 valence electrons. The van der Waals surface area contributed by atoms with Gasteiger partial charge in [-0.3, -0.25) is 9.59 Å². The van der Waals surface area contributed by atoms with Crippen molar-refractivity contribution in [2.24, 2.45) is 0 Å². The van der Waals surface area contributed by atoms with E-state index in [1.807, 2.05) is 0 Å². The zero-order valence-electron chi connectivity index (χ0n) is 14.4. The second kappa shape index (κ2) is 7.51. The molecule has 0 unspecified atom stereocenters. The van der Waals surface area contributed by atoms with Gasteiger partial charge in [-0.25, -0.2) is 4.98 Å². The summed E-state index contributed by atoms with van der Waals surface area (Å²) in [4.78, 5) is 28.4. The van der Waals surface area contributed by atoms with Crippen molar-refractivity contribution < 1.29 is 27.3 Å². The fourth-order valence-electron chi connectivity index (χ4n) is 2.23. The Kier molecular flexibility index (Phi) is 5.12. The Balaban J connectivity index is 1.70. The molecule has 1 aromatic carbocycles. The zero-order valence-corrected chi connectivity index (χ0v) is 14.4. The van der Waals surface area contributed by atoms with Gasteiger partial charge in [0.15, 0.2) is 5.82 Å². The lowest BCUT2D eigenvalue weighted by Gasteiger charge is -2.09. The molecule has 0 aliphatic heterocycles. The number of aromatic nitrogens is 2. The molecule has 0 saturated carbocycles. The Morgan fingerprint density at radius 3 is 2.11 bits per heavy atom. The van der Waals surface area contributed by atoms with Crippen LogP contribution in [0.15, 0.2) is 53.1 Å². The van der Waals surface area contributed by atoms with Gasteiger partial charge in [0.1, 0.15) is 17.1 Å². The number of amides is 2. The molecule has 7 nitrogen and oxygen atoms in total. The average molecular weight is 390 g/mol. The lowest BCUT2D eigenvalue weighted by atomic mass is 10.2. The van der Waals surface area contributed by atoms with Crippen LogP contribution in [0.1, 0.15) is 32.3 Å². The quantitative estimate of drug-likeness (QED) is 0.704. The number of nitrogens with one attached hydrogen (secondary N) is 2. The van der Waals surface area contributed by atoms with Crippen LogP contribution in [0.5, 0.6) is 0 Å². The highest BCUT2D eigenvalue weighted by molar-refractivity contribution is 6.05. The van der Waals surface area contributed by atoms with Gasteiger partial charge in [-0.2, -0.15) is 13.2 Å². The van der Waals surface area contributed by atoms with Gasteiger partial charge in [-0.1, -0.05) is 11.2 Å². The highest BCUT2D eigenvalue weighted by Gasteiger charge is 2.30. The summed E-state index contributed by atoms with van der Waals surface area (Å²) in [6.07, 6.45) is -4.46. The van der Waals surface area contributed by atoms with Gasteiger partial charge in [-0.15, -0.1) is 0 Å². The topological polar surface area (TPSA) is 97.1 Å². The molecule has 0 aliphatic carbocycles. The predicted molar refractivity (Wildman–Crippen MR) is 92.8 cm³/mol. The first kappa shape index (κ1) is 19.1. The summed E-state index contributed by atoms with van der Waals surface area (Å²) in [6.45, 7) is 1.66. The van der Waals surface area contributed by atoms with Crippen LogP contribution in [0.2, 0.25) is 0 Å². The van der Waals surface area contributed by atoms with E-state index >= 15 is 0 Å². The number of carbonyl (C=O) groups excluding carboxylic acids is 2. The molecular formula is C18H13F3N4O3. The molecule has 2 aromatic heterocycles. The van der Waals surface area contributed by atoms with Crippen molar-refractivity contribution in [2.75, 3.05) is 10.6 Å². The van der Waals surface area contributed by atoms with Gasteiger partial charge >= 0.3 is 6.18 Å². The number of anilines is 2. The van der Waals surface area contributed by atoms with Crippen LogP contribution in [0.4, 0.5) is 24.7 Å². The summed E-state index contributed by atoms with van der Waals surface area (Å²) >= 11 is 0. The van der Waals surface area contributed by atoms with Gasteiger partial charge in [0.2, 0.25) is 0 Å². The normalized spacial score (nSPS) is 11.1. The summed E-state index contributed by atoms with van der Waals surface area (Å²) < 4.78 is 42.6. The van der Waals surface area contributed by atoms with Crippen molar-refractivity contribution in [3.05, 3.63) is 71.2 Å². The van der Waals surface area contributed by atoms with E-state index in [1.165, 1.54) is 24.3 Å².